The first kappa shape index (κ1) is 16.0. The highest BCUT2D eigenvalue weighted by molar-refractivity contribution is 6.29. The average Bonchev–Trinajstić information content (AvgIpc) is 2.42. The van der Waals surface area contributed by atoms with E-state index in [0.29, 0.717) is 29.6 Å². The zero-order valence-corrected chi connectivity index (χ0v) is 13.5. The van der Waals surface area contributed by atoms with E-state index in [1.54, 1.807) is 12.1 Å². The summed E-state index contributed by atoms with van der Waals surface area (Å²) in [6.07, 6.45) is 1.08. The molecular formula is C15H22ClN3O2. The number of hydrogen-bond donors (Lipinski definition) is 1. The number of morpholine rings is 1. The van der Waals surface area contributed by atoms with Gasteiger partial charge in [-0.05, 0) is 32.4 Å². The number of nitrogens with one attached hydrogen (secondary N) is 1. The molecule has 0 aromatic carbocycles. The summed E-state index contributed by atoms with van der Waals surface area (Å²) in [4.78, 5) is 18.6. The van der Waals surface area contributed by atoms with Gasteiger partial charge in [-0.2, -0.15) is 0 Å². The molecule has 5 nitrogen and oxygen atoms in total. The summed E-state index contributed by atoms with van der Waals surface area (Å²) in [5, 5.41) is 3.49. The molecule has 0 radical (unpaired) electrons. The standard InChI is InChI=1S/C15H22ClN3O2/c1-4-5-17-14-7-12(6-13(16)18-14)15(20)19-8-10(2)21-11(3)9-19/h6-7,10-11H,4-5,8-9H2,1-3H3,(H,17,18). The van der Waals surface area contributed by atoms with Crippen molar-refractivity contribution < 1.29 is 9.53 Å². The van der Waals surface area contributed by atoms with Crippen LogP contribution in [0.3, 0.4) is 0 Å². The molecule has 0 aliphatic carbocycles. The molecule has 2 rings (SSSR count). The van der Waals surface area contributed by atoms with Gasteiger partial charge in [-0.1, -0.05) is 18.5 Å². The SMILES string of the molecule is CCCNc1cc(C(=O)N2CC(C)OC(C)C2)cc(Cl)n1. The third kappa shape index (κ3) is 4.32. The summed E-state index contributed by atoms with van der Waals surface area (Å²) < 4.78 is 5.66. The van der Waals surface area contributed by atoms with Crippen molar-refractivity contribution in [2.24, 2.45) is 0 Å². The van der Waals surface area contributed by atoms with Crippen molar-refractivity contribution in [3.8, 4) is 0 Å². The van der Waals surface area contributed by atoms with Crippen LogP contribution >= 0.6 is 11.6 Å². The molecule has 21 heavy (non-hydrogen) atoms. The van der Waals surface area contributed by atoms with Gasteiger partial charge in [0.2, 0.25) is 0 Å². The maximum atomic E-state index is 12.6. The van der Waals surface area contributed by atoms with E-state index in [-0.39, 0.29) is 18.1 Å². The first-order chi connectivity index (χ1) is 9.99. The molecule has 116 valence electrons. The van der Waals surface area contributed by atoms with Crippen LogP contribution in [0.25, 0.3) is 0 Å². The number of rotatable bonds is 4. The van der Waals surface area contributed by atoms with E-state index < -0.39 is 0 Å². The van der Waals surface area contributed by atoms with Crippen LogP contribution in [-0.4, -0.2) is 47.6 Å². The molecule has 1 aliphatic rings. The Kier molecular flexibility index (Phi) is 5.42. The van der Waals surface area contributed by atoms with Gasteiger partial charge in [0.05, 0.1) is 12.2 Å². The topological polar surface area (TPSA) is 54.5 Å². The van der Waals surface area contributed by atoms with E-state index >= 15 is 0 Å². The molecule has 1 amide bonds. The lowest BCUT2D eigenvalue weighted by Gasteiger charge is -2.35. The lowest BCUT2D eigenvalue weighted by Crippen LogP contribution is -2.48. The number of aromatic nitrogens is 1. The van der Waals surface area contributed by atoms with E-state index in [2.05, 4.69) is 17.2 Å². The number of ether oxygens (including phenoxy) is 1. The van der Waals surface area contributed by atoms with Crippen LogP contribution in [0.1, 0.15) is 37.6 Å². The Morgan fingerprint density at radius 3 is 2.71 bits per heavy atom. The first-order valence-electron chi connectivity index (χ1n) is 7.35. The quantitative estimate of drug-likeness (QED) is 0.869. The molecule has 1 saturated heterocycles. The van der Waals surface area contributed by atoms with Crippen LogP contribution in [0.5, 0.6) is 0 Å². The Labute approximate surface area is 130 Å². The molecule has 0 spiro atoms. The monoisotopic (exact) mass is 311 g/mol. The third-order valence-electron chi connectivity index (χ3n) is 3.30. The van der Waals surface area contributed by atoms with Gasteiger partial charge in [0, 0.05) is 25.2 Å². The van der Waals surface area contributed by atoms with Crippen molar-refractivity contribution in [1.29, 1.82) is 0 Å². The van der Waals surface area contributed by atoms with Gasteiger partial charge in [-0.25, -0.2) is 4.98 Å². The molecule has 1 fully saturated rings. The number of halogens is 1. The summed E-state index contributed by atoms with van der Waals surface area (Å²) in [6, 6.07) is 3.38. The molecule has 0 saturated carbocycles. The van der Waals surface area contributed by atoms with Crippen LogP contribution in [0.15, 0.2) is 12.1 Å². The van der Waals surface area contributed by atoms with E-state index in [9.17, 15) is 4.79 Å². The van der Waals surface area contributed by atoms with Crippen LogP contribution in [0.4, 0.5) is 5.82 Å². The number of anilines is 1. The van der Waals surface area contributed by atoms with E-state index in [1.165, 1.54) is 0 Å². The van der Waals surface area contributed by atoms with Gasteiger partial charge >= 0.3 is 0 Å². The summed E-state index contributed by atoms with van der Waals surface area (Å²) in [7, 11) is 0. The third-order valence-corrected chi connectivity index (χ3v) is 3.50. The second-order valence-electron chi connectivity index (χ2n) is 5.46. The molecule has 2 unspecified atom stereocenters. The maximum absolute atomic E-state index is 12.6. The highest BCUT2D eigenvalue weighted by atomic mass is 35.5. The second kappa shape index (κ2) is 7.09. The molecule has 1 N–H and O–H groups in total. The highest BCUT2D eigenvalue weighted by Gasteiger charge is 2.27. The van der Waals surface area contributed by atoms with Crippen LogP contribution in [-0.2, 0) is 4.74 Å². The Morgan fingerprint density at radius 2 is 2.10 bits per heavy atom. The maximum Gasteiger partial charge on any atom is 0.254 e. The number of pyridine rings is 1. The lowest BCUT2D eigenvalue weighted by atomic mass is 10.1. The molecule has 2 atom stereocenters. The van der Waals surface area contributed by atoms with Gasteiger partial charge < -0.3 is 15.0 Å². The van der Waals surface area contributed by atoms with Crippen molar-refractivity contribution in [3.63, 3.8) is 0 Å². The summed E-state index contributed by atoms with van der Waals surface area (Å²) in [5.74, 6) is 0.614. The van der Waals surface area contributed by atoms with Crippen molar-refractivity contribution in [3.05, 3.63) is 22.8 Å². The van der Waals surface area contributed by atoms with Gasteiger partial charge in [0.15, 0.2) is 0 Å². The first-order valence-corrected chi connectivity index (χ1v) is 7.73. The molecule has 2 heterocycles. The average molecular weight is 312 g/mol. The smallest absolute Gasteiger partial charge is 0.254 e. The summed E-state index contributed by atoms with van der Waals surface area (Å²) in [5.41, 5.74) is 0.565. The van der Waals surface area contributed by atoms with Crippen LogP contribution in [0.2, 0.25) is 5.15 Å². The van der Waals surface area contributed by atoms with Crippen LogP contribution in [0, 0.1) is 0 Å². The number of carbonyl (C=O) groups is 1. The summed E-state index contributed by atoms with van der Waals surface area (Å²) >= 11 is 6.02. The van der Waals surface area contributed by atoms with E-state index in [1.807, 2.05) is 18.7 Å². The minimum absolute atomic E-state index is 0.0270. The predicted molar refractivity (Wildman–Crippen MR) is 83.9 cm³/mol. The number of hydrogen-bond acceptors (Lipinski definition) is 4. The van der Waals surface area contributed by atoms with Crippen LogP contribution < -0.4 is 5.32 Å². The van der Waals surface area contributed by atoms with E-state index in [0.717, 1.165) is 13.0 Å². The Morgan fingerprint density at radius 1 is 1.43 bits per heavy atom. The zero-order valence-electron chi connectivity index (χ0n) is 12.7. The van der Waals surface area contributed by atoms with Crippen molar-refractivity contribution in [2.45, 2.75) is 39.4 Å². The molecule has 1 aromatic rings. The fourth-order valence-electron chi connectivity index (χ4n) is 2.49. The predicted octanol–water partition coefficient (Wildman–Crippen LogP) is 2.81. The lowest BCUT2D eigenvalue weighted by molar-refractivity contribution is -0.0586. The minimum Gasteiger partial charge on any atom is -0.372 e. The number of carbonyl (C=O) groups excluding carboxylic acids is 1. The molecule has 1 aromatic heterocycles. The largest absolute Gasteiger partial charge is 0.372 e. The minimum atomic E-state index is -0.0270. The second-order valence-corrected chi connectivity index (χ2v) is 5.85. The number of amides is 1. The number of nitrogens with zero attached hydrogens (tertiary/aromatic N) is 2. The van der Waals surface area contributed by atoms with Crippen molar-refractivity contribution >= 4 is 23.3 Å². The normalized spacial score (nSPS) is 22.2. The Bertz CT molecular complexity index is 500. The fraction of sp³-hybridized carbons (Fsp3) is 0.600. The summed E-state index contributed by atoms with van der Waals surface area (Å²) in [6.45, 7) is 8.02. The van der Waals surface area contributed by atoms with Gasteiger partial charge in [-0.3, -0.25) is 4.79 Å². The van der Waals surface area contributed by atoms with Crippen molar-refractivity contribution in [1.82, 2.24) is 9.88 Å². The Hall–Kier alpha value is -1.33. The molecular weight excluding hydrogens is 290 g/mol. The molecule has 0 bridgehead atoms. The molecule has 1 aliphatic heterocycles. The highest BCUT2D eigenvalue weighted by Crippen LogP contribution is 2.19. The zero-order chi connectivity index (χ0) is 15.4. The van der Waals surface area contributed by atoms with Gasteiger partial charge in [-0.15, -0.1) is 0 Å². The molecule has 6 heteroatoms. The van der Waals surface area contributed by atoms with Gasteiger partial charge in [0.25, 0.3) is 5.91 Å². The fourth-order valence-corrected chi connectivity index (χ4v) is 2.70. The van der Waals surface area contributed by atoms with Crippen molar-refractivity contribution in [2.75, 3.05) is 25.0 Å². The Balaban J connectivity index is 2.16. The van der Waals surface area contributed by atoms with Gasteiger partial charge in [0.1, 0.15) is 11.0 Å². The van der Waals surface area contributed by atoms with E-state index in [4.69, 9.17) is 16.3 Å².